The second kappa shape index (κ2) is 9.69. The third-order valence-corrected chi connectivity index (χ3v) is 4.37. The number of quaternary nitrogens is 2. The van der Waals surface area contributed by atoms with Crippen LogP contribution in [0.5, 0.6) is 5.75 Å². The number of nitrogens with zero attached hydrogens (tertiary/aromatic N) is 3. The number of likely N-dealkylation sites (N-methyl/N-ethyl adjacent to an activating group) is 1. The highest BCUT2D eigenvalue weighted by molar-refractivity contribution is 5.70. The Hall–Kier alpha value is -1.67. The predicted molar refractivity (Wildman–Crippen MR) is 114 cm³/mol. The van der Waals surface area contributed by atoms with Gasteiger partial charge in [-0.25, -0.2) is 4.79 Å². The van der Waals surface area contributed by atoms with E-state index < -0.39 is 0 Å². The molecule has 0 spiro atoms. The summed E-state index contributed by atoms with van der Waals surface area (Å²) in [5.74, 6) is 0.573. The zero-order valence-corrected chi connectivity index (χ0v) is 19.0. The van der Waals surface area contributed by atoms with Crippen molar-refractivity contribution in [1.82, 2.24) is 9.38 Å². The van der Waals surface area contributed by atoms with Crippen molar-refractivity contribution in [3.8, 4) is 5.75 Å². The summed E-state index contributed by atoms with van der Waals surface area (Å²) in [5.41, 5.74) is 1.09. The van der Waals surface area contributed by atoms with E-state index in [2.05, 4.69) is 42.3 Å². The Labute approximate surface area is 170 Å². The lowest BCUT2D eigenvalue weighted by atomic mass is 10.1. The van der Waals surface area contributed by atoms with E-state index in [4.69, 9.17) is 9.47 Å². The van der Waals surface area contributed by atoms with E-state index in [0.717, 1.165) is 23.1 Å². The minimum absolute atomic E-state index is 0.0153. The summed E-state index contributed by atoms with van der Waals surface area (Å²) in [6.45, 7) is 2.90. The van der Waals surface area contributed by atoms with Gasteiger partial charge in [0.15, 0.2) is 0 Å². The van der Waals surface area contributed by atoms with Crippen LogP contribution in [0.3, 0.4) is 0 Å². The fraction of sp³-hybridized carbons (Fsp3) is 0.667. The lowest BCUT2D eigenvalue weighted by molar-refractivity contribution is -0.873. The SMILES string of the molecule is CN(C)C(=O)Oc1cccc([N+](C)(C)C)c1.C[C@@H]1O[C@H](C[N+](C)(C)C)C[C@H]1O. The van der Waals surface area contributed by atoms with Crippen LogP contribution in [-0.4, -0.2) is 102 Å². The first-order valence-corrected chi connectivity index (χ1v) is 9.64. The second-order valence-corrected chi connectivity index (χ2v) is 9.51. The maximum Gasteiger partial charge on any atom is 0.414 e. The van der Waals surface area contributed by atoms with Crippen molar-refractivity contribution in [1.29, 1.82) is 0 Å². The van der Waals surface area contributed by atoms with Crippen molar-refractivity contribution in [2.45, 2.75) is 31.7 Å². The molecular weight excluding hydrogens is 358 g/mol. The summed E-state index contributed by atoms with van der Waals surface area (Å²) in [6.07, 6.45) is 0.410. The van der Waals surface area contributed by atoms with Crippen LogP contribution in [0.25, 0.3) is 0 Å². The molecule has 1 aromatic carbocycles. The van der Waals surface area contributed by atoms with Crippen LogP contribution in [0, 0.1) is 0 Å². The molecule has 2 rings (SSSR count). The fourth-order valence-corrected chi connectivity index (χ4v) is 2.80. The first-order chi connectivity index (χ1) is 12.7. The average molecular weight is 398 g/mol. The van der Waals surface area contributed by atoms with Gasteiger partial charge in [0.05, 0.1) is 54.5 Å². The Morgan fingerprint density at radius 3 is 2.25 bits per heavy atom. The number of aliphatic hydroxyl groups excluding tert-OH is 1. The Morgan fingerprint density at radius 2 is 1.82 bits per heavy atom. The van der Waals surface area contributed by atoms with E-state index in [9.17, 15) is 9.90 Å². The molecule has 1 aliphatic rings. The number of rotatable bonds is 4. The Balaban J connectivity index is 0.000000292. The van der Waals surface area contributed by atoms with E-state index in [1.165, 1.54) is 4.90 Å². The van der Waals surface area contributed by atoms with Gasteiger partial charge < -0.3 is 24.0 Å². The zero-order chi connectivity index (χ0) is 21.7. The van der Waals surface area contributed by atoms with Crippen LogP contribution in [0.15, 0.2) is 24.3 Å². The molecule has 3 atom stereocenters. The molecule has 1 fully saturated rings. The Bertz CT molecular complexity index is 625. The molecule has 0 aliphatic carbocycles. The smallest absolute Gasteiger partial charge is 0.410 e. The molecule has 1 heterocycles. The monoisotopic (exact) mass is 397 g/mol. The van der Waals surface area contributed by atoms with Crippen LogP contribution in [-0.2, 0) is 4.74 Å². The second-order valence-electron chi connectivity index (χ2n) is 9.51. The number of carbonyl (C=O) groups excluding carboxylic acids is 1. The molecule has 0 unspecified atom stereocenters. The minimum Gasteiger partial charge on any atom is -0.410 e. The number of amides is 1. The molecule has 160 valence electrons. The van der Waals surface area contributed by atoms with Crippen LogP contribution in [0.2, 0.25) is 0 Å². The van der Waals surface area contributed by atoms with Crippen LogP contribution < -0.4 is 9.22 Å². The third kappa shape index (κ3) is 8.56. The van der Waals surface area contributed by atoms with Crippen LogP contribution in [0.1, 0.15) is 13.3 Å². The van der Waals surface area contributed by atoms with Gasteiger partial charge in [-0.15, -0.1) is 0 Å². The summed E-state index contributed by atoms with van der Waals surface area (Å²) < 4.78 is 12.4. The Kier molecular flexibility index (Phi) is 8.44. The number of hydrogen-bond donors (Lipinski definition) is 1. The van der Waals surface area contributed by atoms with Gasteiger partial charge in [-0.3, -0.25) is 4.48 Å². The third-order valence-electron chi connectivity index (χ3n) is 4.37. The molecule has 1 aromatic rings. The van der Waals surface area contributed by atoms with Gasteiger partial charge in [0.2, 0.25) is 0 Å². The molecule has 0 bridgehead atoms. The Morgan fingerprint density at radius 1 is 1.21 bits per heavy atom. The maximum atomic E-state index is 11.4. The molecule has 0 radical (unpaired) electrons. The van der Waals surface area contributed by atoms with Gasteiger partial charge in [-0.05, 0) is 19.1 Å². The average Bonchev–Trinajstić information content (AvgIpc) is 2.83. The number of carbonyl (C=O) groups is 1. The predicted octanol–water partition coefficient (Wildman–Crippen LogP) is 2.17. The number of ether oxygens (including phenoxy) is 2. The highest BCUT2D eigenvalue weighted by Crippen LogP contribution is 2.23. The van der Waals surface area contributed by atoms with Crippen molar-refractivity contribution in [2.75, 3.05) is 62.9 Å². The fourth-order valence-electron chi connectivity index (χ4n) is 2.80. The van der Waals surface area contributed by atoms with E-state index in [-0.39, 0.29) is 24.4 Å². The summed E-state index contributed by atoms with van der Waals surface area (Å²) in [6, 6.07) is 7.55. The van der Waals surface area contributed by atoms with E-state index in [1.54, 1.807) is 20.2 Å². The van der Waals surface area contributed by atoms with Crippen LogP contribution in [0.4, 0.5) is 10.5 Å². The van der Waals surface area contributed by atoms with Crippen molar-refractivity contribution in [3.63, 3.8) is 0 Å². The van der Waals surface area contributed by atoms with Gasteiger partial charge in [0, 0.05) is 26.6 Å². The van der Waals surface area contributed by atoms with E-state index >= 15 is 0 Å². The summed E-state index contributed by atoms with van der Waals surface area (Å²) >= 11 is 0. The van der Waals surface area contributed by atoms with Crippen molar-refractivity contribution in [2.24, 2.45) is 0 Å². The van der Waals surface area contributed by atoms with Crippen LogP contribution >= 0.6 is 0 Å². The first kappa shape index (κ1) is 24.4. The zero-order valence-electron chi connectivity index (χ0n) is 19.0. The molecule has 7 nitrogen and oxygen atoms in total. The largest absolute Gasteiger partial charge is 0.414 e. The van der Waals surface area contributed by atoms with Crippen molar-refractivity contribution < 1.29 is 23.9 Å². The molecule has 1 N–H and O–H groups in total. The summed E-state index contributed by atoms with van der Waals surface area (Å²) in [7, 11) is 15.9. The lowest BCUT2D eigenvalue weighted by Crippen LogP contribution is -2.41. The molecule has 0 saturated carbocycles. The van der Waals surface area contributed by atoms with Gasteiger partial charge in [0.1, 0.15) is 24.1 Å². The number of benzene rings is 1. The maximum absolute atomic E-state index is 11.4. The quantitative estimate of drug-likeness (QED) is 0.791. The highest BCUT2D eigenvalue weighted by Gasteiger charge is 2.33. The number of aliphatic hydroxyl groups is 1. The standard InChI is InChI=1S/C12H19N2O2.C9H20NO2/c1-13(2)12(15)16-11-8-6-7-10(9-11)14(3,4)5;1-7-9(11)5-8(12-7)6-10(2,3)4/h6-9H,1-5H3;7-9,11H,5-6H2,1-4H3/q2*+1/t;7-,8-,9+/m.0/s1. The summed E-state index contributed by atoms with van der Waals surface area (Å²) in [4.78, 5) is 12.8. The molecule has 1 aliphatic heterocycles. The van der Waals surface area contributed by atoms with Gasteiger partial charge in [0.25, 0.3) is 0 Å². The molecule has 7 heteroatoms. The summed E-state index contributed by atoms with van der Waals surface area (Å²) in [5, 5.41) is 9.43. The van der Waals surface area contributed by atoms with E-state index in [0.29, 0.717) is 10.2 Å². The molecule has 0 aromatic heterocycles. The lowest BCUT2D eigenvalue weighted by Gasteiger charge is -2.26. The van der Waals surface area contributed by atoms with E-state index in [1.807, 2.05) is 25.1 Å². The normalized spacial score (nSPS) is 22.3. The van der Waals surface area contributed by atoms with Gasteiger partial charge in [-0.2, -0.15) is 0 Å². The highest BCUT2D eigenvalue weighted by atomic mass is 16.6. The first-order valence-electron chi connectivity index (χ1n) is 9.64. The molecular formula is C21H39N3O4+2. The molecule has 1 saturated heterocycles. The minimum atomic E-state index is -0.362. The van der Waals surface area contributed by atoms with Crippen molar-refractivity contribution in [3.05, 3.63) is 24.3 Å². The van der Waals surface area contributed by atoms with Gasteiger partial charge >= 0.3 is 6.09 Å². The molecule has 1 amide bonds. The van der Waals surface area contributed by atoms with Gasteiger partial charge in [-0.1, -0.05) is 6.07 Å². The molecule has 28 heavy (non-hydrogen) atoms. The van der Waals surface area contributed by atoms with Crippen molar-refractivity contribution >= 4 is 11.8 Å². The topological polar surface area (TPSA) is 59.0 Å². The number of hydrogen-bond acceptors (Lipinski definition) is 4.